The summed E-state index contributed by atoms with van der Waals surface area (Å²) in [5.74, 6) is 3.10. The number of hydrogen-bond donors (Lipinski definition) is 0. The van der Waals surface area contributed by atoms with Crippen LogP contribution in [0.25, 0.3) is 33.0 Å². The number of para-hydroxylation sites is 2. The normalized spacial score (nSPS) is 16.4. The van der Waals surface area contributed by atoms with Gasteiger partial charge in [-0.3, -0.25) is 0 Å². The number of benzene rings is 6. The standard InChI is InChI=1S/C34H22O4P2/c1-5-17-28-24(13-1)26-15-3-7-21-32(26)39(35-28)37-30-19-9-11-23-12-10-20-31(34(23)30)38-40-33-22-8-4-16-27(33)25-14-2-6-18-29(25)36-40/h1-22H. The lowest BCUT2D eigenvalue weighted by Crippen LogP contribution is -2.17. The lowest BCUT2D eigenvalue weighted by atomic mass is 10.0. The molecule has 2 heterocycles. The summed E-state index contributed by atoms with van der Waals surface area (Å²) in [6.45, 7) is 0. The number of hydrogen-bond acceptors (Lipinski definition) is 4. The summed E-state index contributed by atoms with van der Waals surface area (Å²) in [5.41, 5.74) is 4.44. The van der Waals surface area contributed by atoms with Crippen LogP contribution < -0.4 is 28.7 Å². The summed E-state index contributed by atoms with van der Waals surface area (Å²) >= 11 is 0. The summed E-state index contributed by atoms with van der Waals surface area (Å²) in [7, 11) is -2.83. The van der Waals surface area contributed by atoms with E-state index >= 15 is 0 Å². The van der Waals surface area contributed by atoms with E-state index in [1.807, 2.05) is 72.8 Å². The van der Waals surface area contributed by atoms with Crippen molar-refractivity contribution in [3.8, 4) is 45.3 Å². The minimum atomic E-state index is -1.41. The van der Waals surface area contributed by atoms with Crippen LogP contribution in [0.4, 0.5) is 0 Å². The predicted octanol–water partition coefficient (Wildman–Crippen LogP) is 8.99. The molecule has 0 N–H and O–H groups in total. The van der Waals surface area contributed by atoms with Gasteiger partial charge in [0.2, 0.25) is 0 Å². The second-order valence-electron chi connectivity index (χ2n) is 9.52. The third-order valence-corrected chi connectivity index (χ3v) is 10.1. The van der Waals surface area contributed by atoms with Crippen LogP contribution in [-0.2, 0) is 0 Å². The molecular weight excluding hydrogens is 534 g/mol. The molecule has 0 bridgehead atoms. The summed E-state index contributed by atoms with van der Waals surface area (Å²) < 4.78 is 26.4. The van der Waals surface area contributed by atoms with Gasteiger partial charge >= 0.3 is 16.8 Å². The minimum Gasteiger partial charge on any atom is -0.435 e. The van der Waals surface area contributed by atoms with Gasteiger partial charge in [0, 0.05) is 11.1 Å². The van der Waals surface area contributed by atoms with E-state index in [1.54, 1.807) is 0 Å². The highest BCUT2D eigenvalue weighted by Crippen LogP contribution is 2.53. The van der Waals surface area contributed by atoms with Gasteiger partial charge in [-0.05, 0) is 52.9 Å². The molecule has 6 aromatic rings. The third-order valence-electron chi connectivity index (χ3n) is 7.11. The van der Waals surface area contributed by atoms with E-state index in [1.165, 1.54) is 0 Å². The van der Waals surface area contributed by atoms with E-state index < -0.39 is 16.8 Å². The fourth-order valence-corrected chi connectivity index (χ4v) is 8.28. The van der Waals surface area contributed by atoms with Crippen molar-refractivity contribution < 1.29 is 18.1 Å². The van der Waals surface area contributed by atoms with Crippen LogP contribution in [-0.4, -0.2) is 0 Å². The molecular formula is C34H22O4P2. The molecule has 6 aromatic carbocycles. The van der Waals surface area contributed by atoms with Crippen molar-refractivity contribution in [3.63, 3.8) is 0 Å². The van der Waals surface area contributed by atoms with Gasteiger partial charge in [0.05, 0.1) is 16.0 Å². The van der Waals surface area contributed by atoms with E-state index in [9.17, 15) is 0 Å². The highest BCUT2D eigenvalue weighted by atomic mass is 31.2. The first-order chi connectivity index (χ1) is 19.8. The maximum atomic E-state index is 6.74. The van der Waals surface area contributed by atoms with Crippen molar-refractivity contribution in [2.45, 2.75) is 0 Å². The zero-order valence-corrected chi connectivity index (χ0v) is 23.0. The fraction of sp³-hybridized carbons (Fsp3) is 0. The molecule has 0 fully saturated rings. The Hall–Kier alpha value is -4.36. The van der Waals surface area contributed by atoms with Gasteiger partial charge in [-0.1, -0.05) is 97.1 Å². The van der Waals surface area contributed by atoms with E-state index in [4.69, 9.17) is 18.1 Å². The van der Waals surface area contributed by atoms with Crippen LogP contribution in [0, 0.1) is 0 Å². The first-order valence-corrected chi connectivity index (χ1v) is 15.4. The molecule has 8 rings (SSSR count). The molecule has 4 nitrogen and oxygen atoms in total. The SMILES string of the molecule is c1ccc2c(c1)OP(Oc1cccc3cccc(OP4Oc5ccccc5-c5ccccc54)c13)c1ccccc1-2. The molecule has 0 saturated heterocycles. The maximum Gasteiger partial charge on any atom is 0.326 e. The van der Waals surface area contributed by atoms with Gasteiger partial charge in [0.1, 0.15) is 23.0 Å². The average molecular weight is 556 g/mol. The Balaban J connectivity index is 1.20. The second-order valence-corrected chi connectivity index (χ2v) is 12.2. The van der Waals surface area contributed by atoms with Crippen molar-refractivity contribution >= 4 is 38.1 Å². The van der Waals surface area contributed by atoms with E-state index in [0.717, 1.165) is 55.1 Å². The molecule has 2 atom stereocenters. The quantitative estimate of drug-likeness (QED) is 0.203. The fourth-order valence-electron chi connectivity index (χ4n) is 5.28. The molecule has 2 unspecified atom stereocenters. The van der Waals surface area contributed by atoms with Crippen LogP contribution in [0.1, 0.15) is 0 Å². The van der Waals surface area contributed by atoms with E-state index in [0.29, 0.717) is 11.5 Å². The average Bonchev–Trinajstić information content (AvgIpc) is 3.01. The largest absolute Gasteiger partial charge is 0.435 e. The van der Waals surface area contributed by atoms with Gasteiger partial charge in [-0.25, -0.2) is 0 Å². The van der Waals surface area contributed by atoms with Crippen molar-refractivity contribution in [1.82, 2.24) is 0 Å². The van der Waals surface area contributed by atoms with Gasteiger partial charge in [-0.15, -0.1) is 0 Å². The Labute approximate surface area is 234 Å². The Kier molecular flexibility index (Phi) is 5.69. The smallest absolute Gasteiger partial charge is 0.326 e. The van der Waals surface area contributed by atoms with Crippen LogP contribution in [0.15, 0.2) is 133 Å². The Morgan fingerprint density at radius 3 is 1.32 bits per heavy atom. The number of rotatable bonds is 4. The molecule has 0 spiro atoms. The first kappa shape index (κ1) is 23.5. The molecule has 6 heteroatoms. The molecule has 192 valence electrons. The maximum absolute atomic E-state index is 6.74. The minimum absolute atomic E-state index is 0.717. The van der Waals surface area contributed by atoms with Gasteiger partial charge in [-0.2, -0.15) is 0 Å². The summed E-state index contributed by atoms with van der Waals surface area (Å²) in [6, 6.07) is 45.0. The number of fused-ring (bicyclic) bond motifs is 7. The summed E-state index contributed by atoms with van der Waals surface area (Å²) in [4.78, 5) is 0. The Morgan fingerprint density at radius 1 is 0.400 bits per heavy atom. The van der Waals surface area contributed by atoms with Gasteiger partial charge in [0.15, 0.2) is 0 Å². The highest BCUT2D eigenvalue weighted by molar-refractivity contribution is 7.57. The highest BCUT2D eigenvalue weighted by Gasteiger charge is 2.32. The Morgan fingerprint density at radius 2 is 0.825 bits per heavy atom. The zero-order chi connectivity index (χ0) is 26.5. The molecule has 40 heavy (non-hydrogen) atoms. The van der Waals surface area contributed by atoms with Crippen LogP contribution in [0.3, 0.4) is 0 Å². The predicted molar refractivity (Wildman–Crippen MR) is 163 cm³/mol. The van der Waals surface area contributed by atoms with Crippen molar-refractivity contribution in [1.29, 1.82) is 0 Å². The van der Waals surface area contributed by atoms with Crippen molar-refractivity contribution in [3.05, 3.63) is 133 Å². The zero-order valence-electron chi connectivity index (χ0n) is 21.2. The lowest BCUT2D eigenvalue weighted by Gasteiger charge is -2.29. The second kappa shape index (κ2) is 9.68. The third kappa shape index (κ3) is 3.92. The molecule has 2 aliphatic heterocycles. The van der Waals surface area contributed by atoms with Crippen LogP contribution in [0.5, 0.6) is 23.0 Å². The van der Waals surface area contributed by atoms with E-state index in [-0.39, 0.29) is 0 Å². The molecule has 0 radical (unpaired) electrons. The topological polar surface area (TPSA) is 36.9 Å². The monoisotopic (exact) mass is 556 g/mol. The molecule has 0 amide bonds. The van der Waals surface area contributed by atoms with Crippen molar-refractivity contribution in [2.24, 2.45) is 0 Å². The lowest BCUT2D eigenvalue weighted by molar-refractivity contribution is 0.495. The van der Waals surface area contributed by atoms with Crippen LogP contribution in [0.2, 0.25) is 0 Å². The molecule has 2 aliphatic rings. The van der Waals surface area contributed by atoms with Gasteiger partial charge < -0.3 is 18.1 Å². The van der Waals surface area contributed by atoms with Crippen molar-refractivity contribution in [2.75, 3.05) is 0 Å². The molecule has 0 saturated carbocycles. The van der Waals surface area contributed by atoms with Gasteiger partial charge in [0.25, 0.3) is 0 Å². The van der Waals surface area contributed by atoms with Crippen LogP contribution >= 0.6 is 16.8 Å². The molecule has 0 aromatic heterocycles. The first-order valence-electron chi connectivity index (χ1n) is 13.0. The summed E-state index contributed by atoms with van der Waals surface area (Å²) in [6.07, 6.45) is 0. The molecule has 0 aliphatic carbocycles. The Bertz CT molecular complexity index is 1770. The summed E-state index contributed by atoms with van der Waals surface area (Å²) in [5, 5.41) is 4.03. The van der Waals surface area contributed by atoms with E-state index in [2.05, 4.69) is 60.7 Å².